The second-order valence-corrected chi connectivity index (χ2v) is 10.7. The molecule has 1 aromatic rings. The minimum absolute atomic E-state index is 0.0104. The summed E-state index contributed by atoms with van der Waals surface area (Å²) in [5.74, 6) is 0.680. The Balaban J connectivity index is 1.22. The lowest BCUT2D eigenvalue weighted by atomic mass is 9.97. The lowest BCUT2D eigenvalue weighted by molar-refractivity contribution is -0.139. The molecule has 1 saturated carbocycles. The Morgan fingerprint density at radius 3 is 2.14 bits per heavy atom. The quantitative estimate of drug-likeness (QED) is 0.625. The highest BCUT2D eigenvalue weighted by Crippen LogP contribution is 2.23. The van der Waals surface area contributed by atoms with Crippen molar-refractivity contribution >= 4 is 17.7 Å². The van der Waals surface area contributed by atoms with Crippen LogP contribution in [0.15, 0.2) is 24.3 Å². The molecule has 1 aliphatic carbocycles. The Kier molecular flexibility index (Phi) is 8.88. The van der Waals surface area contributed by atoms with Crippen LogP contribution >= 0.6 is 0 Å². The molecule has 3 fully saturated rings. The van der Waals surface area contributed by atoms with Gasteiger partial charge in [0.15, 0.2) is 6.61 Å². The summed E-state index contributed by atoms with van der Waals surface area (Å²) in [5.41, 5.74) is 0.604. The van der Waals surface area contributed by atoms with Crippen molar-refractivity contribution in [2.45, 2.75) is 89.9 Å². The molecule has 0 spiro atoms. The van der Waals surface area contributed by atoms with Gasteiger partial charge >= 0.3 is 0 Å². The molecule has 1 aromatic carbocycles. The van der Waals surface area contributed by atoms with Crippen LogP contribution in [0.5, 0.6) is 5.75 Å². The van der Waals surface area contributed by atoms with E-state index in [4.69, 9.17) is 4.74 Å². The summed E-state index contributed by atoms with van der Waals surface area (Å²) in [6.07, 6.45) is 7.79. The molecule has 4 rings (SSSR count). The molecule has 0 radical (unpaired) electrons. The SMILES string of the molecule is CC(C(=O)NC1CCCC1)N1CCN(C(=O)c2ccc(OCC(=O)N3C(C)CCCC3C)cc2)CC1. The molecule has 3 atom stereocenters. The van der Waals surface area contributed by atoms with Gasteiger partial charge in [-0.15, -0.1) is 0 Å². The highest BCUT2D eigenvalue weighted by atomic mass is 16.5. The van der Waals surface area contributed by atoms with E-state index in [0.717, 1.165) is 32.1 Å². The first-order valence-electron chi connectivity index (χ1n) is 13.7. The van der Waals surface area contributed by atoms with Crippen LogP contribution in [0.3, 0.4) is 0 Å². The van der Waals surface area contributed by atoms with Crippen LogP contribution < -0.4 is 10.1 Å². The normalized spacial score (nSPS) is 24.4. The zero-order chi connectivity index (χ0) is 25.7. The average Bonchev–Trinajstić information content (AvgIpc) is 3.40. The van der Waals surface area contributed by atoms with Crippen molar-refractivity contribution in [3.05, 3.63) is 29.8 Å². The van der Waals surface area contributed by atoms with Crippen molar-refractivity contribution in [3.8, 4) is 5.75 Å². The number of carbonyl (C=O) groups is 3. The molecule has 3 aliphatic rings. The summed E-state index contributed by atoms with van der Waals surface area (Å²) < 4.78 is 5.75. The van der Waals surface area contributed by atoms with Crippen LogP contribution in [0.2, 0.25) is 0 Å². The number of piperidine rings is 1. The smallest absolute Gasteiger partial charge is 0.260 e. The van der Waals surface area contributed by atoms with Gasteiger partial charge in [-0.2, -0.15) is 0 Å². The van der Waals surface area contributed by atoms with Crippen molar-refractivity contribution in [3.63, 3.8) is 0 Å². The third-order valence-electron chi connectivity index (χ3n) is 8.18. The lowest BCUT2D eigenvalue weighted by Crippen LogP contribution is -2.55. The number of carbonyl (C=O) groups excluding carboxylic acids is 3. The molecular weight excluding hydrogens is 456 g/mol. The fraction of sp³-hybridized carbons (Fsp3) is 0.679. The minimum Gasteiger partial charge on any atom is -0.484 e. The molecule has 8 heteroatoms. The van der Waals surface area contributed by atoms with Crippen molar-refractivity contribution in [2.75, 3.05) is 32.8 Å². The van der Waals surface area contributed by atoms with E-state index in [0.29, 0.717) is 43.5 Å². The Labute approximate surface area is 215 Å². The molecule has 0 bridgehead atoms. The summed E-state index contributed by atoms with van der Waals surface area (Å²) in [6.45, 7) is 8.72. The highest BCUT2D eigenvalue weighted by Gasteiger charge is 2.30. The van der Waals surface area contributed by atoms with Crippen molar-refractivity contribution < 1.29 is 19.1 Å². The van der Waals surface area contributed by atoms with Crippen LogP contribution in [0, 0.1) is 0 Å². The van der Waals surface area contributed by atoms with Gasteiger partial charge in [-0.25, -0.2) is 0 Å². The van der Waals surface area contributed by atoms with E-state index in [1.54, 1.807) is 24.3 Å². The van der Waals surface area contributed by atoms with E-state index in [2.05, 4.69) is 24.1 Å². The van der Waals surface area contributed by atoms with Gasteiger partial charge in [-0.1, -0.05) is 12.8 Å². The zero-order valence-electron chi connectivity index (χ0n) is 22.1. The van der Waals surface area contributed by atoms with Crippen LogP contribution in [0.4, 0.5) is 0 Å². The molecule has 0 aromatic heterocycles. The number of hydrogen-bond donors (Lipinski definition) is 1. The molecule has 2 heterocycles. The van der Waals surface area contributed by atoms with Crippen molar-refractivity contribution in [1.82, 2.24) is 20.0 Å². The average molecular weight is 499 g/mol. The van der Waals surface area contributed by atoms with Gasteiger partial charge in [-0.3, -0.25) is 19.3 Å². The van der Waals surface area contributed by atoms with Crippen molar-refractivity contribution in [1.29, 1.82) is 0 Å². The van der Waals surface area contributed by atoms with Gasteiger partial charge < -0.3 is 19.9 Å². The first-order valence-corrected chi connectivity index (χ1v) is 13.7. The highest BCUT2D eigenvalue weighted by molar-refractivity contribution is 5.94. The van der Waals surface area contributed by atoms with E-state index >= 15 is 0 Å². The van der Waals surface area contributed by atoms with Gasteiger partial charge in [0.05, 0.1) is 6.04 Å². The predicted octanol–water partition coefficient (Wildman–Crippen LogP) is 3.06. The number of rotatable bonds is 7. The molecular formula is C28H42N4O4. The molecule has 3 amide bonds. The summed E-state index contributed by atoms with van der Waals surface area (Å²) in [5, 5.41) is 3.18. The van der Waals surface area contributed by atoms with Gasteiger partial charge in [0.2, 0.25) is 5.91 Å². The first-order chi connectivity index (χ1) is 17.3. The second-order valence-electron chi connectivity index (χ2n) is 10.7. The largest absolute Gasteiger partial charge is 0.484 e. The molecule has 2 aliphatic heterocycles. The van der Waals surface area contributed by atoms with Gasteiger partial charge in [-0.05, 0) is 77.1 Å². The second kappa shape index (κ2) is 12.1. The van der Waals surface area contributed by atoms with E-state index in [-0.39, 0.29) is 42.5 Å². The minimum atomic E-state index is -0.182. The lowest BCUT2D eigenvalue weighted by Gasteiger charge is -2.39. The number of benzene rings is 1. The van der Waals surface area contributed by atoms with E-state index in [9.17, 15) is 14.4 Å². The maximum absolute atomic E-state index is 13.0. The van der Waals surface area contributed by atoms with Crippen molar-refractivity contribution in [2.24, 2.45) is 0 Å². The number of likely N-dealkylation sites (tertiary alicyclic amines) is 1. The topological polar surface area (TPSA) is 82.2 Å². The molecule has 3 unspecified atom stereocenters. The number of piperazine rings is 1. The molecule has 36 heavy (non-hydrogen) atoms. The standard InChI is InChI=1S/C28H42N4O4/c1-20-7-6-8-21(2)32(20)26(33)19-36-25-13-11-23(12-14-25)28(35)31-17-15-30(16-18-31)22(3)27(34)29-24-9-4-5-10-24/h11-14,20-22,24H,4-10,15-19H2,1-3H3,(H,29,34). The number of hydrogen-bond acceptors (Lipinski definition) is 5. The number of nitrogens with one attached hydrogen (secondary N) is 1. The zero-order valence-corrected chi connectivity index (χ0v) is 22.1. The van der Waals surface area contributed by atoms with Crippen LogP contribution in [0.1, 0.15) is 76.1 Å². The summed E-state index contributed by atoms with van der Waals surface area (Å²) in [7, 11) is 0. The fourth-order valence-electron chi connectivity index (χ4n) is 5.88. The number of amides is 3. The Bertz CT molecular complexity index is 897. The van der Waals surface area contributed by atoms with Gasteiger partial charge in [0.1, 0.15) is 5.75 Å². The first kappa shape index (κ1) is 26.5. The number of ether oxygens (including phenoxy) is 1. The predicted molar refractivity (Wildman–Crippen MR) is 139 cm³/mol. The van der Waals surface area contributed by atoms with Crippen LogP contribution in [-0.4, -0.2) is 89.4 Å². The molecule has 8 nitrogen and oxygen atoms in total. The van der Waals surface area contributed by atoms with Gasteiger partial charge in [0, 0.05) is 49.9 Å². The van der Waals surface area contributed by atoms with E-state index in [1.807, 2.05) is 16.7 Å². The summed E-state index contributed by atoms with van der Waals surface area (Å²) >= 11 is 0. The third kappa shape index (κ3) is 6.38. The van der Waals surface area contributed by atoms with Crippen LogP contribution in [0.25, 0.3) is 0 Å². The van der Waals surface area contributed by atoms with Gasteiger partial charge in [0.25, 0.3) is 11.8 Å². The monoisotopic (exact) mass is 498 g/mol. The molecule has 1 N–H and O–H groups in total. The molecule has 198 valence electrons. The maximum atomic E-state index is 13.0. The Morgan fingerprint density at radius 2 is 1.53 bits per heavy atom. The molecule has 2 saturated heterocycles. The fourth-order valence-corrected chi connectivity index (χ4v) is 5.88. The van der Waals surface area contributed by atoms with E-state index in [1.165, 1.54) is 12.8 Å². The Hall–Kier alpha value is -2.61. The maximum Gasteiger partial charge on any atom is 0.260 e. The Morgan fingerprint density at radius 1 is 0.917 bits per heavy atom. The third-order valence-corrected chi connectivity index (χ3v) is 8.18. The number of nitrogens with zero attached hydrogens (tertiary/aromatic N) is 3. The van der Waals surface area contributed by atoms with Crippen LogP contribution in [-0.2, 0) is 9.59 Å². The van der Waals surface area contributed by atoms with E-state index < -0.39 is 0 Å². The summed E-state index contributed by atoms with van der Waals surface area (Å²) in [6, 6.07) is 7.67. The summed E-state index contributed by atoms with van der Waals surface area (Å²) in [4.78, 5) is 44.3.